The smallest absolute Gasteiger partial charge is 0.239 e. The average molecular weight is 212 g/mol. The average Bonchev–Trinajstić information content (AvgIpc) is 2.47. The maximum Gasteiger partial charge on any atom is 0.239 e. The van der Waals surface area contributed by atoms with Crippen molar-refractivity contribution in [3.8, 4) is 0 Å². The van der Waals surface area contributed by atoms with Gasteiger partial charge in [-0.05, 0) is 31.6 Å². The molecule has 0 aromatic carbocycles. The number of nitrogens with zero attached hydrogens (tertiary/aromatic N) is 1. The predicted octanol–water partition coefficient (Wildman–Crippen LogP) is 1.76. The third-order valence-electron chi connectivity index (χ3n) is 2.90. The molecular formula is C12H24N2O. The number of rotatable bonds is 2. The normalized spacial score (nSPS) is 24.3. The zero-order valence-electron chi connectivity index (χ0n) is 10.4. The quantitative estimate of drug-likeness (QED) is 0.758. The molecule has 0 aliphatic carbocycles. The fourth-order valence-corrected chi connectivity index (χ4v) is 2.31. The topological polar surface area (TPSA) is 46.3 Å². The minimum atomic E-state index is -0.356. The highest BCUT2D eigenvalue weighted by atomic mass is 16.2. The summed E-state index contributed by atoms with van der Waals surface area (Å²) < 4.78 is 0. The number of carbonyl (C=O) groups excluding carboxylic acids is 1. The lowest BCUT2D eigenvalue weighted by Gasteiger charge is -2.31. The van der Waals surface area contributed by atoms with Crippen LogP contribution in [0.2, 0.25) is 0 Å². The van der Waals surface area contributed by atoms with Gasteiger partial charge in [0.25, 0.3) is 0 Å². The van der Waals surface area contributed by atoms with Gasteiger partial charge < -0.3 is 10.6 Å². The summed E-state index contributed by atoms with van der Waals surface area (Å²) in [6, 6.07) is 0.0501. The predicted molar refractivity (Wildman–Crippen MR) is 62.5 cm³/mol. The maximum atomic E-state index is 11.8. The van der Waals surface area contributed by atoms with Gasteiger partial charge in [-0.2, -0.15) is 0 Å². The molecule has 2 unspecified atom stereocenters. The first-order chi connectivity index (χ1) is 6.81. The lowest BCUT2D eigenvalue weighted by Crippen LogP contribution is -2.45. The van der Waals surface area contributed by atoms with E-state index in [4.69, 9.17) is 5.73 Å². The zero-order valence-corrected chi connectivity index (χ0v) is 10.4. The molecule has 0 aromatic rings. The number of hydrogen-bond donors (Lipinski definition) is 1. The monoisotopic (exact) mass is 212 g/mol. The molecule has 1 aliphatic rings. The van der Waals surface area contributed by atoms with Crippen LogP contribution in [-0.2, 0) is 4.79 Å². The van der Waals surface area contributed by atoms with Gasteiger partial charge in [0.1, 0.15) is 0 Å². The second-order valence-electron chi connectivity index (χ2n) is 5.88. The van der Waals surface area contributed by atoms with Gasteiger partial charge in [-0.25, -0.2) is 0 Å². The molecular weight excluding hydrogens is 188 g/mol. The van der Waals surface area contributed by atoms with Crippen molar-refractivity contribution in [3.05, 3.63) is 0 Å². The van der Waals surface area contributed by atoms with Gasteiger partial charge in [0, 0.05) is 12.6 Å². The molecule has 1 rings (SSSR count). The Morgan fingerprint density at radius 1 is 1.53 bits per heavy atom. The van der Waals surface area contributed by atoms with E-state index in [1.54, 1.807) is 6.92 Å². The van der Waals surface area contributed by atoms with Crippen molar-refractivity contribution in [1.82, 2.24) is 4.90 Å². The summed E-state index contributed by atoms with van der Waals surface area (Å²) in [7, 11) is 0. The van der Waals surface area contributed by atoms with Crippen LogP contribution in [0.4, 0.5) is 0 Å². The van der Waals surface area contributed by atoms with Crippen molar-refractivity contribution in [1.29, 1.82) is 0 Å². The molecule has 2 atom stereocenters. The van der Waals surface area contributed by atoms with Crippen molar-refractivity contribution >= 4 is 5.91 Å². The van der Waals surface area contributed by atoms with E-state index in [2.05, 4.69) is 20.8 Å². The van der Waals surface area contributed by atoms with Crippen molar-refractivity contribution < 1.29 is 4.79 Å². The van der Waals surface area contributed by atoms with Gasteiger partial charge >= 0.3 is 0 Å². The molecule has 3 heteroatoms. The largest absolute Gasteiger partial charge is 0.338 e. The highest BCUT2D eigenvalue weighted by Crippen LogP contribution is 2.29. The fraction of sp³-hybridized carbons (Fsp3) is 0.917. The minimum Gasteiger partial charge on any atom is -0.338 e. The highest BCUT2D eigenvalue weighted by Gasteiger charge is 2.32. The van der Waals surface area contributed by atoms with Crippen LogP contribution < -0.4 is 5.73 Å². The molecule has 0 aromatic heterocycles. The summed E-state index contributed by atoms with van der Waals surface area (Å²) >= 11 is 0. The number of likely N-dealkylation sites (tertiary alicyclic amines) is 1. The number of hydrogen-bond acceptors (Lipinski definition) is 2. The molecule has 3 nitrogen and oxygen atoms in total. The first-order valence-electron chi connectivity index (χ1n) is 5.87. The van der Waals surface area contributed by atoms with E-state index in [0.717, 1.165) is 25.8 Å². The number of amides is 1. The van der Waals surface area contributed by atoms with Gasteiger partial charge in [-0.3, -0.25) is 4.79 Å². The number of nitrogens with two attached hydrogens (primary N) is 1. The van der Waals surface area contributed by atoms with Crippen LogP contribution in [0.15, 0.2) is 0 Å². The Morgan fingerprint density at radius 2 is 2.13 bits per heavy atom. The van der Waals surface area contributed by atoms with Crippen LogP contribution in [0, 0.1) is 5.41 Å². The second-order valence-corrected chi connectivity index (χ2v) is 5.88. The Balaban J connectivity index is 2.61. The third kappa shape index (κ3) is 3.49. The Labute approximate surface area is 93.0 Å². The SMILES string of the molecule is CC(N)C(=O)N1CCCC1CC(C)(C)C. The van der Waals surface area contributed by atoms with E-state index in [9.17, 15) is 4.79 Å². The molecule has 15 heavy (non-hydrogen) atoms. The molecule has 0 bridgehead atoms. The van der Waals surface area contributed by atoms with Crippen LogP contribution >= 0.6 is 0 Å². The van der Waals surface area contributed by atoms with Crippen LogP contribution in [0.5, 0.6) is 0 Å². The molecule has 1 heterocycles. The standard InChI is InChI=1S/C12H24N2O/c1-9(13)11(15)14-7-5-6-10(14)8-12(2,3)4/h9-10H,5-8,13H2,1-4H3. The van der Waals surface area contributed by atoms with Crippen molar-refractivity contribution in [3.63, 3.8) is 0 Å². The van der Waals surface area contributed by atoms with Crippen LogP contribution in [0.1, 0.15) is 47.0 Å². The summed E-state index contributed by atoms with van der Waals surface area (Å²) in [5.74, 6) is 0.113. The molecule has 88 valence electrons. The van der Waals surface area contributed by atoms with Crippen molar-refractivity contribution in [2.24, 2.45) is 11.1 Å². The molecule has 0 radical (unpaired) electrons. The lowest BCUT2D eigenvalue weighted by atomic mass is 9.87. The molecule has 2 N–H and O–H groups in total. The Hall–Kier alpha value is -0.570. The molecule has 1 amide bonds. The molecule has 0 saturated carbocycles. The van der Waals surface area contributed by atoms with Crippen molar-refractivity contribution in [2.45, 2.75) is 59.0 Å². The van der Waals surface area contributed by atoms with E-state index in [0.29, 0.717) is 6.04 Å². The van der Waals surface area contributed by atoms with E-state index in [-0.39, 0.29) is 17.4 Å². The first-order valence-corrected chi connectivity index (χ1v) is 5.87. The van der Waals surface area contributed by atoms with Crippen molar-refractivity contribution in [2.75, 3.05) is 6.54 Å². The summed E-state index contributed by atoms with van der Waals surface area (Å²) in [4.78, 5) is 13.8. The second kappa shape index (κ2) is 4.52. The van der Waals surface area contributed by atoms with E-state index >= 15 is 0 Å². The fourth-order valence-electron chi connectivity index (χ4n) is 2.31. The summed E-state index contributed by atoms with van der Waals surface area (Å²) in [6.45, 7) is 9.33. The van der Waals surface area contributed by atoms with Crippen LogP contribution in [-0.4, -0.2) is 29.4 Å². The zero-order chi connectivity index (χ0) is 11.6. The molecule has 1 aliphatic heterocycles. The van der Waals surface area contributed by atoms with Gasteiger partial charge in [-0.1, -0.05) is 20.8 Å². The Kier molecular flexibility index (Phi) is 3.77. The van der Waals surface area contributed by atoms with E-state index in [1.165, 1.54) is 0 Å². The van der Waals surface area contributed by atoms with Gasteiger partial charge in [0.15, 0.2) is 0 Å². The summed E-state index contributed by atoms with van der Waals surface area (Å²) in [5.41, 5.74) is 5.93. The Bertz CT molecular complexity index is 230. The summed E-state index contributed by atoms with van der Waals surface area (Å²) in [5, 5.41) is 0. The highest BCUT2D eigenvalue weighted by molar-refractivity contribution is 5.81. The maximum absolute atomic E-state index is 11.8. The summed E-state index contributed by atoms with van der Waals surface area (Å²) in [6.07, 6.45) is 3.33. The van der Waals surface area contributed by atoms with Gasteiger partial charge in [0.05, 0.1) is 6.04 Å². The van der Waals surface area contributed by atoms with Gasteiger partial charge in [0.2, 0.25) is 5.91 Å². The molecule has 1 fully saturated rings. The number of carbonyl (C=O) groups is 1. The Morgan fingerprint density at radius 3 is 2.60 bits per heavy atom. The van der Waals surface area contributed by atoms with E-state index < -0.39 is 0 Å². The van der Waals surface area contributed by atoms with Gasteiger partial charge in [-0.15, -0.1) is 0 Å². The molecule has 0 spiro atoms. The van der Waals surface area contributed by atoms with Crippen LogP contribution in [0.25, 0.3) is 0 Å². The lowest BCUT2D eigenvalue weighted by molar-refractivity contribution is -0.133. The van der Waals surface area contributed by atoms with Crippen LogP contribution in [0.3, 0.4) is 0 Å². The molecule has 1 saturated heterocycles. The minimum absolute atomic E-state index is 0.113. The third-order valence-corrected chi connectivity index (χ3v) is 2.90. The first kappa shape index (κ1) is 12.5. The van der Waals surface area contributed by atoms with E-state index in [1.807, 2.05) is 4.90 Å².